The number of halogens is 2. The van der Waals surface area contributed by atoms with Gasteiger partial charge in [0.05, 0.1) is 11.6 Å². The molecule has 0 saturated carbocycles. The summed E-state index contributed by atoms with van der Waals surface area (Å²) in [4.78, 5) is 19.8. The highest BCUT2D eigenvalue weighted by Gasteiger charge is 2.20. The third-order valence-corrected chi connectivity index (χ3v) is 4.63. The lowest BCUT2D eigenvalue weighted by atomic mass is 9.97. The standard InChI is InChI=1S/C16H19N3OS.2ClH/c1-11-18-9-12(21-11)10-19(2)16(20)14-5-3-7-15-13(14)6-4-8-17-15;;/h3,5,7,9,17H,4,6,8,10H2,1-2H3;2*1H. The SMILES string of the molecule is Cc1ncc(CN(C)C(=O)c2cccc3c2CCCN3)s1.Cl.Cl. The van der Waals surface area contributed by atoms with Crippen LogP contribution in [0.25, 0.3) is 0 Å². The van der Waals surface area contributed by atoms with Gasteiger partial charge in [-0.15, -0.1) is 36.2 Å². The average molecular weight is 374 g/mol. The highest BCUT2D eigenvalue weighted by atomic mass is 35.5. The van der Waals surface area contributed by atoms with Gasteiger partial charge in [-0.2, -0.15) is 0 Å². The molecule has 1 aromatic carbocycles. The van der Waals surface area contributed by atoms with Crippen LogP contribution in [0.15, 0.2) is 24.4 Å². The molecule has 1 aliphatic rings. The van der Waals surface area contributed by atoms with Gasteiger partial charge in [0.1, 0.15) is 0 Å². The van der Waals surface area contributed by atoms with E-state index in [-0.39, 0.29) is 30.7 Å². The van der Waals surface area contributed by atoms with Crippen molar-refractivity contribution in [2.75, 3.05) is 18.9 Å². The second-order valence-corrected chi connectivity index (χ2v) is 6.69. The first-order valence-electron chi connectivity index (χ1n) is 7.17. The maximum Gasteiger partial charge on any atom is 0.254 e. The van der Waals surface area contributed by atoms with Crippen molar-refractivity contribution in [2.45, 2.75) is 26.3 Å². The van der Waals surface area contributed by atoms with Crippen molar-refractivity contribution < 1.29 is 4.79 Å². The number of aryl methyl sites for hydroxylation is 1. The van der Waals surface area contributed by atoms with Crippen molar-refractivity contribution in [1.29, 1.82) is 0 Å². The molecule has 126 valence electrons. The van der Waals surface area contributed by atoms with E-state index >= 15 is 0 Å². The molecule has 0 bridgehead atoms. The number of nitrogens with one attached hydrogen (secondary N) is 1. The number of thiazole rings is 1. The zero-order chi connectivity index (χ0) is 14.8. The summed E-state index contributed by atoms with van der Waals surface area (Å²) in [5.41, 5.74) is 3.08. The van der Waals surface area contributed by atoms with Gasteiger partial charge in [0, 0.05) is 35.9 Å². The van der Waals surface area contributed by atoms with E-state index in [0.29, 0.717) is 6.54 Å². The highest BCUT2D eigenvalue weighted by Crippen LogP contribution is 2.26. The number of aromatic nitrogens is 1. The van der Waals surface area contributed by atoms with Crippen molar-refractivity contribution in [3.63, 3.8) is 0 Å². The van der Waals surface area contributed by atoms with E-state index in [1.54, 1.807) is 16.2 Å². The molecule has 0 spiro atoms. The predicted octanol–water partition coefficient (Wildman–Crippen LogP) is 3.93. The van der Waals surface area contributed by atoms with Crippen molar-refractivity contribution in [3.05, 3.63) is 45.4 Å². The fourth-order valence-electron chi connectivity index (χ4n) is 2.70. The van der Waals surface area contributed by atoms with Crippen molar-refractivity contribution in [1.82, 2.24) is 9.88 Å². The van der Waals surface area contributed by atoms with E-state index in [0.717, 1.165) is 46.1 Å². The number of rotatable bonds is 3. The molecule has 0 saturated heterocycles. The molecule has 1 aliphatic heterocycles. The number of nitrogens with zero attached hydrogens (tertiary/aromatic N) is 2. The summed E-state index contributed by atoms with van der Waals surface area (Å²) >= 11 is 1.64. The molecule has 23 heavy (non-hydrogen) atoms. The Kier molecular flexibility index (Phi) is 7.32. The minimum atomic E-state index is 0. The molecule has 0 atom stereocenters. The Labute approximate surface area is 153 Å². The molecule has 0 fully saturated rings. The number of hydrogen-bond acceptors (Lipinski definition) is 4. The summed E-state index contributed by atoms with van der Waals surface area (Å²) in [6.07, 6.45) is 3.90. The number of benzene rings is 1. The van der Waals surface area contributed by atoms with Crippen LogP contribution in [-0.4, -0.2) is 29.4 Å². The number of fused-ring (bicyclic) bond motifs is 1. The quantitative estimate of drug-likeness (QED) is 0.886. The lowest BCUT2D eigenvalue weighted by Gasteiger charge is -2.23. The van der Waals surface area contributed by atoms with Gasteiger partial charge in [-0.3, -0.25) is 4.79 Å². The molecule has 2 heterocycles. The minimum Gasteiger partial charge on any atom is -0.385 e. The number of carbonyl (C=O) groups excluding carboxylic acids is 1. The van der Waals surface area contributed by atoms with Gasteiger partial charge >= 0.3 is 0 Å². The van der Waals surface area contributed by atoms with Gasteiger partial charge in [-0.25, -0.2) is 4.98 Å². The van der Waals surface area contributed by atoms with Crippen LogP contribution in [0.5, 0.6) is 0 Å². The molecule has 1 aromatic heterocycles. The Balaban J connectivity index is 0.00000132. The Morgan fingerprint density at radius 2 is 2.17 bits per heavy atom. The zero-order valence-corrected chi connectivity index (χ0v) is 15.6. The van der Waals surface area contributed by atoms with Gasteiger partial charge in [0.15, 0.2) is 0 Å². The van der Waals surface area contributed by atoms with Gasteiger partial charge in [-0.05, 0) is 37.5 Å². The van der Waals surface area contributed by atoms with Crippen LogP contribution in [0.4, 0.5) is 5.69 Å². The first-order chi connectivity index (χ1) is 10.1. The largest absolute Gasteiger partial charge is 0.385 e. The number of anilines is 1. The van der Waals surface area contributed by atoms with Crippen molar-refractivity contribution >= 4 is 47.7 Å². The number of amides is 1. The van der Waals surface area contributed by atoms with Crippen molar-refractivity contribution in [2.24, 2.45) is 0 Å². The molecule has 7 heteroatoms. The molecule has 0 aliphatic carbocycles. The number of carbonyl (C=O) groups is 1. The van der Waals surface area contributed by atoms with E-state index < -0.39 is 0 Å². The Morgan fingerprint density at radius 3 is 2.87 bits per heavy atom. The molecule has 0 unspecified atom stereocenters. The van der Waals surface area contributed by atoms with Crippen LogP contribution in [0.3, 0.4) is 0 Å². The van der Waals surface area contributed by atoms with Gasteiger partial charge < -0.3 is 10.2 Å². The summed E-state index contributed by atoms with van der Waals surface area (Å²) in [7, 11) is 1.85. The Bertz CT molecular complexity index is 675. The first-order valence-corrected chi connectivity index (χ1v) is 7.99. The third-order valence-electron chi connectivity index (χ3n) is 3.73. The predicted molar refractivity (Wildman–Crippen MR) is 100 cm³/mol. The summed E-state index contributed by atoms with van der Waals surface area (Å²) in [5.74, 6) is 0.0848. The molecule has 1 amide bonds. The molecule has 4 nitrogen and oxygen atoms in total. The van der Waals surface area contributed by atoms with E-state index in [2.05, 4.69) is 16.4 Å². The van der Waals surface area contributed by atoms with Crippen LogP contribution in [0, 0.1) is 6.92 Å². The fraction of sp³-hybridized carbons (Fsp3) is 0.375. The number of hydrogen-bond donors (Lipinski definition) is 1. The lowest BCUT2D eigenvalue weighted by molar-refractivity contribution is 0.0785. The molecule has 0 radical (unpaired) electrons. The van der Waals surface area contributed by atoms with Gasteiger partial charge in [0.2, 0.25) is 0 Å². The maximum absolute atomic E-state index is 12.7. The fourth-order valence-corrected chi connectivity index (χ4v) is 3.55. The Hall–Kier alpha value is -1.30. The monoisotopic (exact) mass is 373 g/mol. The van der Waals surface area contributed by atoms with Gasteiger partial charge in [-0.1, -0.05) is 6.07 Å². The highest BCUT2D eigenvalue weighted by molar-refractivity contribution is 7.11. The molecular formula is C16H21Cl2N3OS. The second-order valence-electron chi connectivity index (χ2n) is 5.37. The van der Waals surface area contributed by atoms with E-state index in [1.807, 2.05) is 32.3 Å². The Morgan fingerprint density at radius 1 is 1.39 bits per heavy atom. The third kappa shape index (κ3) is 4.37. The van der Waals surface area contributed by atoms with Crippen LogP contribution in [-0.2, 0) is 13.0 Å². The molecule has 2 aromatic rings. The smallest absolute Gasteiger partial charge is 0.254 e. The van der Waals surface area contributed by atoms with Crippen LogP contribution < -0.4 is 5.32 Å². The van der Waals surface area contributed by atoms with Crippen LogP contribution in [0.1, 0.15) is 32.2 Å². The summed E-state index contributed by atoms with van der Waals surface area (Å²) in [5, 5.41) is 4.41. The molecular weight excluding hydrogens is 353 g/mol. The normalized spacial score (nSPS) is 12.3. The van der Waals surface area contributed by atoms with E-state index in [4.69, 9.17) is 0 Å². The van der Waals surface area contributed by atoms with Crippen LogP contribution in [0.2, 0.25) is 0 Å². The topological polar surface area (TPSA) is 45.2 Å². The summed E-state index contributed by atoms with van der Waals surface area (Å²) in [6.45, 7) is 3.58. The minimum absolute atomic E-state index is 0. The molecule has 1 N–H and O–H groups in total. The van der Waals surface area contributed by atoms with E-state index in [1.165, 1.54) is 0 Å². The second kappa shape index (κ2) is 8.52. The zero-order valence-electron chi connectivity index (χ0n) is 13.2. The first kappa shape index (κ1) is 19.7. The van der Waals surface area contributed by atoms with Crippen molar-refractivity contribution in [3.8, 4) is 0 Å². The maximum atomic E-state index is 12.7. The van der Waals surface area contributed by atoms with Gasteiger partial charge in [0.25, 0.3) is 5.91 Å². The average Bonchev–Trinajstić information content (AvgIpc) is 2.91. The summed E-state index contributed by atoms with van der Waals surface area (Å²) < 4.78 is 0. The lowest BCUT2D eigenvalue weighted by Crippen LogP contribution is -2.28. The van der Waals surface area contributed by atoms with E-state index in [9.17, 15) is 4.79 Å². The summed E-state index contributed by atoms with van der Waals surface area (Å²) in [6, 6.07) is 5.94. The van der Waals surface area contributed by atoms with Crippen LogP contribution >= 0.6 is 36.2 Å². The molecule has 3 rings (SSSR count).